The highest BCUT2D eigenvalue weighted by Crippen LogP contribution is 2.33. The molecule has 2 aromatic heterocycles. The molecule has 0 radical (unpaired) electrons. The zero-order valence-electron chi connectivity index (χ0n) is 16.7. The van der Waals surface area contributed by atoms with Crippen molar-refractivity contribution in [2.45, 2.75) is 44.4 Å². The average molecular weight is 403 g/mol. The molecule has 0 bridgehead atoms. The van der Waals surface area contributed by atoms with Crippen LogP contribution in [-0.2, 0) is 14.6 Å². The van der Waals surface area contributed by atoms with Crippen LogP contribution in [0, 0.1) is 5.41 Å². The van der Waals surface area contributed by atoms with Crippen LogP contribution in [0.15, 0.2) is 35.6 Å². The number of hydrogen-bond acceptors (Lipinski definition) is 6. The van der Waals surface area contributed by atoms with Crippen molar-refractivity contribution in [2.75, 3.05) is 19.3 Å². The smallest absolute Gasteiger partial charge is 0.227 e. The summed E-state index contributed by atoms with van der Waals surface area (Å²) in [6.07, 6.45) is 7.24. The van der Waals surface area contributed by atoms with Gasteiger partial charge >= 0.3 is 0 Å². The molecule has 8 heteroatoms. The third-order valence-electron chi connectivity index (χ3n) is 4.93. The Hall–Kier alpha value is -2.35. The molecular formula is C20H26N4O3S. The van der Waals surface area contributed by atoms with Gasteiger partial charge in [-0.3, -0.25) is 9.78 Å². The summed E-state index contributed by atoms with van der Waals surface area (Å²) in [6, 6.07) is 3.59. The molecular weight excluding hydrogens is 376 g/mol. The number of rotatable bonds is 3. The first-order valence-corrected chi connectivity index (χ1v) is 11.2. The van der Waals surface area contributed by atoms with Gasteiger partial charge in [-0.2, -0.15) is 0 Å². The molecule has 7 nitrogen and oxygen atoms in total. The maximum absolute atomic E-state index is 12.5. The molecule has 0 spiro atoms. The Morgan fingerprint density at radius 2 is 1.75 bits per heavy atom. The maximum atomic E-state index is 12.5. The van der Waals surface area contributed by atoms with E-state index in [9.17, 15) is 13.2 Å². The molecule has 0 unspecified atom stereocenters. The normalized spacial score (nSPS) is 16.2. The molecule has 1 saturated heterocycles. The molecule has 2 aromatic rings. The van der Waals surface area contributed by atoms with Gasteiger partial charge in [0, 0.05) is 54.8 Å². The Morgan fingerprint density at radius 3 is 2.29 bits per heavy atom. The van der Waals surface area contributed by atoms with E-state index in [1.165, 1.54) is 12.5 Å². The summed E-state index contributed by atoms with van der Waals surface area (Å²) in [6.45, 7) is 6.93. The number of amides is 1. The van der Waals surface area contributed by atoms with Gasteiger partial charge in [0.25, 0.3) is 0 Å². The molecule has 0 atom stereocenters. The van der Waals surface area contributed by atoms with Gasteiger partial charge in [-0.05, 0) is 25.0 Å². The molecule has 150 valence electrons. The number of likely N-dealkylation sites (tertiary alicyclic amines) is 1. The molecule has 0 aromatic carbocycles. The van der Waals surface area contributed by atoms with E-state index in [4.69, 9.17) is 0 Å². The number of carbonyl (C=O) groups excluding carboxylic acids is 1. The Labute approximate surface area is 166 Å². The summed E-state index contributed by atoms with van der Waals surface area (Å²) in [7, 11) is -3.45. The van der Waals surface area contributed by atoms with E-state index in [1.807, 2.05) is 25.7 Å². The minimum Gasteiger partial charge on any atom is -0.342 e. The van der Waals surface area contributed by atoms with Crippen molar-refractivity contribution in [3.63, 3.8) is 0 Å². The first kappa shape index (κ1) is 20.4. The lowest BCUT2D eigenvalue weighted by Crippen LogP contribution is -2.44. The second-order valence-electron chi connectivity index (χ2n) is 8.27. The highest BCUT2D eigenvalue weighted by atomic mass is 32.2. The summed E-state index contributed by atoms with van der Waals surface area (Å²) in [5.74, 6) is 0.574. The number of hydrogen-bond donors (Lipinski definition) is 0. The van der Waals surface area contributed by atoms with Gasteiger partial charge in [-0.15, -0.1) is 0 Å². The lowest BCUT2D eigenvalue weighted by molar-refractivity contribution is -0.140. The van der Waals surface area contributed by atoms with Crippen molar-refractivity contribution in [1.82, 2.24) is 19.9 Å². The number of pyridine rings is 1. The SMILES string of the molecule is CC(C)(C)C(=O)N1CCC(c2nc(-c3ccncc3)ncc2S(C)(=O)=O)CC1. The van der Waals surface area contributed by atoms with Crippen LogP contribution in [0.5, 0.6) is 0 Å². The fourth-order valence-corrected chi connectivity index (χ4v) is 4.27. The Balaban J connectivity index is 1.91. The van der Waals surface area contributed by atoms with E-state index >= 15 is 0 Å². The van der Waals surface area contributed by atoms with E-state index in [0.717, 1.165) is 5.56 Å². The van der Waals surface area contributed by atoms with Crippen LogP contribution in [0.25, 0.3) is 11.4 Å². The van der Waals surface area contributed by atoms with Crippen LogP contribution < -0.4 is 0 Å². The number of carbonyl (C=O) groups is 1. The molecule has 0 N–H and O–H groups in total. The van der Waals surface area contributed by atoms with E-state index < -0.39 is 15.3 Å². The van der Waals surface area contributed by atoms with Crippen LogP contribution in [0.2, 0.25) is 0 Å². The second-order valence-corrected chi connectivity index (χ2v) is 10.3. The predicted octanol–water partition coefficient (Wildman–Crippen LogP) is 2.69. The maximum Gasteiger partial charge on any atom is 0.227 e. The van der Waals surface area contributed by atoms with Crippen LogP contribution in [-0.4, -0.2) is 53.5 Å². The van der Waals surface area contributed by atoms with Crippen molar-refractivity contribution >= 4 is 15.7 Å². The predicted molar refractivity (Wildman–Crippen MR) is 106 cm³/mol. The molecule has 0 aliphatic carbocycles. The fourth-order valence-electron chi connectivity index (χ4n) is 3.43. The molecule has 0 saturated carbocycles. The summed E-state index contributed by atoms with van der Waals surface area (Å²) in [5.41, 5.74) is 0.914. The van der Waals surface area contributed by atoms with Gasteiger partial charge in [0.15, 0.2) is 15.7 Å². The Kier molecular flexibility index (Phi) is 5.52. The van der Waals surface area contributed by atoms with Gasteiger partial charge in [0.05, 0.1) is 5.69 Å². The highest BCUT2D eigenvalue weighted by Gasteiger charge is 2.33. The lowest BCUT2D eigenvalue weighted by atomic mass is 9.89. The molecule has 3 heterocycles. The van der Waals surface area contributed by atoms with Crippen molar-refractivity contribution in [3.8, 4) is 11.4 Å². The third kappa shape index (κ3) is 4.38. The van der Waals surface area contributed by atoms with Gasteiger partial charge in [0.1, 0.15) is 4.90 Å². The average Bonchev–Trinajstić information content (AvgIpc) is 2.66. The first-order chi connectivity index (χ1) is 13.1. The second kappa shape index (κ2) is 7.58. The third-order valence-corrected chi connectivity index (χ3v) is 6.04. The quantitative estimate of drug-likeness (QED) is 0.784. The standard InChI is InChI=1S/C20H26N4O3S/c1-20(2,3)19(25)24-11-7-14(8-12-24)17-16(28(4,26)27)13-22-18(23-17)15-5-9-21-10-6-15/h5-6,9-10,13-14H,7-8,11-12H2,1-4H3. The fraction of sp³-hybridized carbons (Fsp3) is 0.500. The van der Waals surface area contributed by atoms with Gasteiger partial charge in [-0.25, -0.2) is 18.4 Å². The first-order valence-electron chi connectivity index (χ1n) is 9.34. The zero-order chi connectivity index (χ0) is 20.5. The van der Waals surface area contributed by atoms with Crippen molar-refractivity contribution in [1.29, 1.82) is 0 Å². The minimum absolute atomic E-state index is 0.0302. The molecule has 1 aliphatic heterocycles. The van der Waals surface area contributed by atoms with E-state index in [2.05, 4.69) is 15.0 Å². The van der Waals surface area contributed by atoms with Gasteiger partial charge in [-0.1, -0.05) is 20.8 Å². The Bertz CT molecular complexity index is 961. The lowest BCUT2D eigenvalue weighted by Gasteiger charge is -2.35. The molecule has 28 heavy (non-hydrogen) atoms. The molecule has 3 rings (SSSR count). The molecule has 1 amide bonds. The van der Waals surface area contributed by atoms with E-state index in [-0.39, 0.29) is 16.7 Å². The topological polar surface area (TPSA) is 93.1 Å². The van der Waals surface area contributed by atoms with Crippen LogP contribution in [0.1, 0.15) is 45.2 Å². The zero-order valence-corrected chi connectivity index (χ0v) is 17.5. The van der Waals surface area contributed by atoms with Crippen molar-refractivity contribution < 1.29 is 13.2 Å². The van der Waals surface area contributed by atoms with Gasteiger partial charge in [0.2, 0.25) is 5.91 Å². The van der Waals surface area contributed by atoms with E-state index in [0.29, 0.717) is 37.4 Å². The number of piperidine rings is 1. The number of sulfone groups is 1. The Morgan fingerprint density at radius 1 is 1.14 bits per heavy atom. The van der Waals surface area contributed by atoms with Crippen molar-refractivity contribution in [3.05, 3.63) is 36.4 Å². The summed E-state index contributed by atoms with van der Waals surface area (Å²) >= 11 is 0. The number of nitrogens with zero attached hydrogens (tertiary/aromatic N) is 4. The monoisotopic (exact) mass is 402 g/mol. The van der Waals surface area contributed by atoms with Crippen LogP contribution in [0.3, 0.4) is 0 Å². The van der Waals surface area contributed by atoms with E-state index in [1.54, 1.807) is 24.5 Å². The molecule has 1 fully saturated rings. The minimum atomic E-state index is -3.45. The number of aromatic nitrogens is 3. The van der Waals surface area contributed by atoms with Gasteiger partial charge < -0.3 is 4.90 Å². The largest absolute Gasteiger partial charge is 0.342 e. The summed E-state index contributed by atoms with van der Waals surface area (Å²) < 4.78 is 24.6. The van der Waals surface area contributed by atoms with Crippen LogP contribution in [0.4, 0.5) is 0 Å². The van der Waals surface area contributed by atoms with Crippen LogP contribution >= 0.6 is 0 Å². The molecule has 1 aliphatic rings. The van der Waals surface area contributed by atoms with Crippen molar-refractivity contribution in [2.24, 2.45) is 5.41 Å². The summed E-state index contributed by atoms with van der Waals surface area (Å²) in [5, 5.41) is 0. The summed E-state index contributed by atoms with van der Waals surface area (Å²) in [4.78, 5) is 27.5. The highest BCUT2D eigenvalue weighted by molar-refractivity contribution is 7.90.